The molecule has 0 unspecified atom stereocenters. The summed E-state index contributed by atoms with van der Waals surface area (Å²) in [6.07, 6.45) is 0. The molecular weight excluding hydrogens is 294 g/mol. The molecule has 1 aromatic carbocycles. The molecule has 2 N–H and O–H groups in total. The fourth-order valence-electron chi connectivity index (χ4n) is 1.85. The lowest BCUT2D eigenvalue weighted by atomic mass is 10.2. The minimum absolute atomic E-state index is 0.615. The van der Waals surface area contributed by atoms with Crippen LogP contribution in [0.4, 0.5) is 5.69 Å². The van der Waals surface area contributed by atoms with Crippen molar-refractivity contribution in [2.75, 3.05) is 12.3 Å². The molecule has 0 fully saturated rings. The fraction of sp³-hybridized carbons (Fsp3) is 0.308. The van der Waals surface area contributed by atoms with Crippen LogP contribution < -0.4 is 10.5 Å². The van der Waals surface area contributed by atoms with Gasteiger partial charge in [0.05, 0.1) is 28.2 Å². The molecule has 5 heteroatoms. The number of aromatic nitrogens is 2. The van der Waals surface area contributed by atoms with E-state index in [-0.39, 0.29) is 0 Å². The Kier molecular flexibility index (Phi) is 3.61. The summed E-state index contributed by atoms with van der Waals surface area (Å²) in [4.78, 5) is 0. The monoisotopic (exact) mass is 309 g/mol. The smallest absolute Gasteiger partial charge is 0.123 e. The van der Waals surface area contributed by atoms with E-state index < -0.39 is 0 Å². The maximum Gasteiger partial charge on any atom is 0.123 e. The number of halogens is 1. The maximum atomic E-state index is 5.89. The predicted octanol–water partition coefficient (Wildman–Crippen LogP) is 3.23. The summed E-state index contributed by atoms with van der Waals surface area (Å²) in [7, 11) is 0. The SMILES string of the molecule is CCOc1cc(N)cc(-n2nc(C)c(Br)c2C)c1. The number of benzene rings is 1. The lowest BCUT2D eigenvalue weighted by molar-refractivity contribution is 0.340. The molecule has 0 amide bonds. The Balaban J connectivity index is 2.52. The van der Waals surface area contributed by atoms with E-state index in [4.69, 9.17) is 10.5 Å². The first-order valence-corrected chi connectivity index (χ1v) is 6.57. The van der Waals surface area contributed by atoms with E-state index in [1.165, 1.54) is 0 Å². The lowest BCUT2D eigenvalue weighted by Gasteiger charge is -2.09. The molecule has 0 radical (unpaired) electrons. The van der Waals surface area contributed by atoms with Gasteiger partial charge in [-0.05, 0) is 42.8 Å². The first kappa shape index (κ1) is 13.0. The summed E-state index contributed by atoms with van der Waals surface area (Å²) in [6.45, 7) is 6.53. The van der Waals surface area contributed by atoms with Gasteiger partial charge < -0.3 is 10.5 Å². The van der Waals surface area contributed by atoms with Gasteiger partial charge in [-0.1, -0.05) is 0 Å². The molecule has 4 nitrogen and oxygen atoms in total. The molecule has 0 saturated heterocycles. The molecule has 1 aromatic heterocycles. The van der Waals surface area contributed by atoms with Gasteiger partial charge in [0.25, 0.3) is 0 Å². The molecule has 0 bridgehead atoms. The third-order valence-corrected chi connectivity index (χ3v) is 3.82. The quantitative estimate of drug-likeness (QED) is 0.886. The molecule has 2 rings (SSSR count). The van der Waals surface area contributed by atoms with Gasteiger partial charge in [0.2, 0.25) is 0 Å². The van der Waals surface area contributed by atoms with Crippen molar-refractivity contribution in [1.29, 1.82) is 0 Å². The van der Waals surface area contributed by atoms with Crippen molar-refractivity contribution in [3.8, 4) is 11.4 Å². The van der Waals surface area contributed by atoms with Crippen LogP contribution in [0.5, 0.6) is 5.75 Å². The third-order valence-electron chi connectivity index (χ3n) is 2.67. The van der Waals surface area contributed by atoms with E-state index >= 15 is 0 Å². The van der Waals surface area contributed by atoms with Crippen LogP contribution in [0.3, 0.4) is 0 Å². The summed E-state index contributed by atoms with van der Waals surface area (Å²) < 4.78 is 8.37. The average molecular weight is 310 g/mol. The van der Waals surface area contributed by atoms with E-state index in [1.807, 2.05) is 43.7 Å². The second kappa shape index (κ2) is 5.02. The highest BCUT2D eigenvalue weighted by Crippen LogP contribution is 2.26. The molecule has 0 spiro atoms. The highest BCUT2D eigenvalue weighted by molar-refractivity contribution is 9.10. The number of ether oxygens (including phenoxy) is 1. The van der Waals surface area contributed by atoms with Crippen LogP contribution in [-0.4, -0.2) is 16.4 Å². The van der Waals surface area contributed by atoms with Crippen LogP contribution in [0.15, 0.2) is 22.7 Å². The second-order valence-electron chi connectivity index (χ2n) is 4.09. The van der Waals surface area contributed by atoms with Crippen molar-refractivity contribution in [3.05, 3.63) is 34.1 Å². The van der Waals surface area contributed by atoms with Crippen molar-refractivity contribution in [3.63, 3.8) is 0 Å². The van der Waals surface area contributed by atoms with Gasteiger partial charge in [-0.3, -0.25) is 0 Å². The van der Waals surface area contributed by atoms with Gasteiger partial charge in [0, 0.05) is 17.8 Å². The highest BCUT2D eigenvalue weighted by Gasteiger charge is 2.11. The molecule has 0 aliphatic rings. The topological polar surface area (TPSA) is 53.1 Å². The Morgan fingerprint density at radius 3 is 2.61 bits per heavy atom. The third kappa shape index (κ3) is 2.36. The minimum atomic E-state index is 0.615. The first-order valence-electron chi connectivity index (χ1n) is 5.78. The Morgan fingerprint density at radius 1 is 1.33 bits per heavy atom. The van der Waals surface area contributed by atoms with E-state index in [0.29, 0.717) is 12.3 Å². The van der Waals surface area contributed by atoms with Gasteiger partial charge in [-0.15, -0.1) is 0 Å². The zero-order chi connectivity index (χ0) is 13.3. The molecule has 0 atom stereocenters. The first-order chi connectivity index (χ1) is 8.52. The zero-order valence-electron chi connectivity index (χ0n) is 10.7. The van der Waals surface area contributed by atoms with Gasteiger partial charge in [0.15, 0.2) is 0 Å². The summed E-state index contributed by atoms with van der Waals surface area (Å²) in [5.74, 6) is 0.760. The number of rotatable bonds is 3. The number of aryl methyl sites for hydroxylation is 1. The Labute approximate surface area is 115 Å². The molecule has 96 valence electrons. The Hall–Kier alpha value is -1.49. The Bertz CT molecular complexity index is 578. The van der Waals surface area contributed by atoms with Crippen molar-refractivity contribution >= 4 is 21.6 Å². The van der Waals surface area contributed by atoms with Gasteiger partial charge >= 0.3 is 0 Å². The van der Waals surface area contributed by atoms with Crippen LogP contribution in [-0.2, 0) is 0 Å². The Morgan fingerprint density at radius 2 is 2.06 bits per heavy atom. The molecule has 0 aliphatic heterocycles. The molecule has 2 aromatic rings. The number of hydrogen-bond donors (Lipinski definition) is 1. The summed E-state index contributed by atoms with van der Waals surface area (Å²) in [5, 5.41) is 4.48. The largest absolute Gasteiger partial charge is 0.494 e. The van der Waals surface area contributed by atoms with Crippen molar-refractivity contribution in [2.45, 2.75) is 20.8 Å². The number of anilines is 1. The fourth-order valence-corrected chi connectivity index (χ4v) is 2.10. The average Bonchev–Trinajstić information content (AvgIpc) is 2.57. The maximum absolute atomic E-state index is 5.89. The molecule has 0 aliphatic carbocycles. The van der Waals surface area contributed by atoms with Gasteiger partial charge in [-0.25, -0.2) is 4.68 Å². The standard InChI is InChI=1S/C13H16BrN3O/c1-4-18-12-6-10(15)5-11(7-12)17-9(3)13(14)8(2)16-17/h5-7H,4,15H2,1-3H3. The number of nitrogen functional groups attached to an aromatic ring is 1. The zero-order valence-corrected chi connectivity index (χ0v) is 12.3. The van der Waals surface area contributed by atoms with Crippen LogP contribution in [0.1, 0.15) is 18.3 Å². The molecule has 1 heterocycles. The summed E-state index contributed by atoms with van der Waals surface area (Å²) in [6, 6.07) is 5.63. The number of nitrogens with two attached hydrogens (primary N) is 1. The summed E-state index contributed by atoms with van der Waals surface area (Å²) in [5.41, 5.74) is 9.46. The van der Waals surface area contributed by atoms with Crippen molar-refractivity contribution in [1.82, 2.24) is 9.78 Å². The highest BCUT2D eigenvalue weighted by atomic mass is 79.9. The van der Waals surface area contributed by atoms with Crippen LogP contribution in [0.2, 0.25) is 0 Å². The van der Waals surface area contributed by atoms with E-state index in [1.54, 1.807) is 0 Å². The predicted molar refractivity (Wildman–Crippen MR) is 76.3 cm³/mol. The number of nitrogens with zero attached hydrogens (tertiary/aromatic N) is 2. The molecule has 18 heavy (non-hydrogen) atoms. The van der Waals surface area contributed by atoms with Crippen LogP contribution >= 0.6 is 15.9 Å². The van der Waals surface area contributed by atoms with E-state index in [9.17, 15) is 0 Å². The van der Waals surface area contributed by atoms with E-state index in [0.717, 1.165) is 27.3 Å². The van der Waals surface area contributed by atoms with Crippen LogP contribution in [0.25, 0.3) is 5.69 Å². The van der Waals surface area contributed by atoms with E-state index in [2.05, 4.69) is 21.0 Å². The summed E-state index contributed by atoms with van der Waals surface area (Å²) >= 11 is 3.52. The molecule has 0 saturated carbocycles. The van der Waals surface area contributed by atoms with Gasteiger partial charge in [-0.2, -0.15) is 5.10 Å². The second-order valence-corrected chi connectivity index (χ2v) is 4.88. The minimum Gasteiger partial charge on any atom is -0.494 e. The van der Waals surface area contributed by atoms with Crippen molar-refractivity contribution in [2.24, 2.45) is 0 Å². The van der Waals surface area contributed by atoms with Crippen molar-refractivity contribution < 1.29 is 4.74 Å². The number of hydrogen-bond acceptors (Lipinski definition) is 3. The van der Waals surface area contributed by atoms with Crippen LogP contribution in [0, 0.1) is 13.8 Å². The van der Waals surface area contributed by atoms with Gasteiger partial charge in [0.1, 0.15) is 5.75 Å². The molecular formula is C13H16BrN3O. The lowest BCUT2D eigenvalue weighted by Crippen LogP contribution is -2.02. The normalized spacial score (nSPS) is 10.7.